The standard InChI is InChI=1S/C20H24FNO3/c1-14-4-6-15(7-5-14)16-8-9-17(18(21)12-16)19(24)22-20(2,10-11-23)13-25-3/h4-9,12,23H,10-11,13H2,1-3H3,(H,22,24). The molecule has 0 aliphatic rings. The molecule has 0 fully saturated rings. The van der Waals surface area contributed by atoms with Crippen LogP contribution in [-0.2, 0) is 4.74 Å². The Hall–Kier alpha value is -2.24. The SMILES string of the molecule is COCC(C)(CCO)NC(=O)c1ccc(-c2ccc(C)cc2)cc1F. The van der Waals surface area contributed by atoms with Gasteiger partial charge in [0.1, 0.15) is 5.82 Å². The Morgan fingerprint density at radius 3 is 2.40 bits per heavy atom. The van der Waals surface area contributed by atoms with E-state index in [2.05, 4.69) is 5.32 Å². The molecule has 2 N–H and O–H groups in total. The number of halogens is 1. The topological polar surface area (TPSA) is 58.6 Å². The van der Waals surface area contributed by atoms with Gasteiger partial charge in [-0.3, -0.25) is 4.79 Å². The van der Waals surface area contributed by atoms with Crippen molar-refractivity contribution in [1.82, 2.24) is 5.32 Å². The average Bonchev–Trinajstić information content (AvgIpc) is 2.55. The summed E-state index contributed by atoms with van der Waals surface area (Å²) in [6.45, 7) is 3.86. The van der Waals surface area contributed by atoms with Crippen LogP contribution in [0.25, 0.3) is 11.1 Å². The van der Waals surface area contributed by atoms with E-state index < -0.39 is 17.3 Å². The van der Waals surface area contributed by atoms with Crippen molar-refractivity contribution in [3.63, 3.8) is 0 Å². The molecule has 0 spiro atoms. The van der Waals surface area contributed by atoms with Crippen LogP contribution >= 0.6 is 0 Å². The molecule has 0 bridgehead atoms. The van der Waals surface area contributed by atoms with Crippen molar-refractivity contribution in [2.24, 2.45) is 0 Å². The van der Waals surface area contributed by atoms with E-state index in [0.29, 0.717) is 12.0 Å². The van der Waals surface area contributed by atoms with Crippen LogP contribution in [-0.4, -0.2) is 36.9 Å². The molecule has 1 unspecified atom stereocenters. The maximum absolute atomic E-state index is 14.5. The Labute approximate surface area is 147 Å². The van der Waals surface area contributed by atoms with Crippen LogP contribution < -0.4 is 5.32 Å². The van der Waals surface area contributed by atoms with Crippen molar-refractivity contribution in [1.29, 1.82) is 0 Å². The highest BCUT2D eigenvalue weighted by atomic mass is 19.1. The minimum Gasteiger partial charge on any atom is -0.396 e. The van der Waals surface area contributed by atoms with E-state index in [1.54, 1.807) is 13.0 Å². The van der Waals surface area contributed by atoms with Crippen LogP contribution in [0, 0.1) is 12.7 Å². The Bertz CT molecular complexity index is 722. The number of rotatable bonds is 7. The monoisotopic (exact) mass is 345 g/mol. The van der Waals surface area contributed by atoms with Crippen LogP contribution in [0.1, 0.15) is 29.3 Å². The molecule has 4 nitrogen and oxygen atoms in total. The van der Waals surface area contributed by atoms with Crippen LogP contribution in [0.4, 0.5) is 4.39 Å². The highest BCUT2D eigenvalue weighted by molar-refractivity contribution is 5.95. The molecular weight excluding hydrogens is 321 g/mol. The van der Waals surface area contributed by atoms with Crippen molar-refractivity contribution in [3.05, 3.63) is 59.4 Å². The van der Waals surface area contributed by atoms with Crippen LogP contribution in [0.15, 0.2) is 42.5 Å². The van der Waals surface area contributed by atoms with Gasteiger partial charge in [0.05, 0.1) is 17.7 Å². The molecule has 25 heavy (non-hydrogen) atoms. The maximum atomic E-state index is 14.5. The van der Waals surface area contributed by atoms with Crippen molar-refractivity contribution in [3.8, 4) is 11.1 Å². The van der Waals surface area contributed by atoms with E-state index in [9.17, 15) is 9.18 Å². The third-order valence-electron chi connectivity index (χ3n) is 4.14. The Morgan fingerprint density at radius 2 is 1.84 bits per heavy atom. The second-order valence-corrected chi connectivity index (χ2v) is 6.48. The fourth-order valence-electron chi connectivity index (χ4n) is 2.70. The molecule has 0 heterocycles. The van der Waals surface area contributed by atoms with Crippen molar-refractivity contribution >= 4 is 5.91 Å². The number of amides is 1. The predicted molar refractivity (Wildman–Crippen MR) is 96.0 cm³/mol. The second-order valence-electron chi connectivity index (χ2n) is 6.48. The lowest BCUT2D eigenvalue weighted by Gasteiger charge is -2.29. The van der Waals surface area contributed by atoms with Gasteiger partial charge in [0.25, 0.3) is 5.91 Å². The van der Waals surface area contributed by atoms with Gasteiger partial charge in [-0.1, -0.05) is 35.9 Å². The first-order valence-electron chi connectivity index (χ1n) is 8.17. The minimum absolute atomic E-state index is 0.0314. The van der Waals surface area contributed by atoms with E-state index in [1.165, 1.54) is 19.2 Å². The van der Waals surface area contributed by atoms with Gasteiger partial charge in [-0.2, -0.15) is 0 Å². The van der Waals surface area contributed by atoms with Gasteiger partial charge < -0.3 is 15.2 Å². The fourth-order valence-corrected chi connectivity index (χ4v) is 2.70. The van der Waals surface area contributed by atoms with Gasteiger partial charge in [-0.15, -0.1) is 0 Å². The third kappa shape index (κ3) is 4.87. The number of aliphatic hydroxyl groups is 1. The normalized spacial score (nSPS) is 13.3. The van der Waals surface area contributed by atoms with Crippen LogP contribution in [0.5, 0.6) is 0 Å². The van der Waals surface area contributed by atoms with Crippen molar-refractivity contribution in [2.75, 3.05) is 20.3 Å². The van der Waals surface area contributed by atoms with Gasteiger partial charge in [0, 0.05) is 13.7 Å². The molecule has 2 aromatic carbocycles. The first-order chi connectivity index (χ1) is 11.9. The van der Waals surface area contributed by atoms with Gasteiger partial charge >= 0.3 is 0 Å². The molecule has 0 radical (unpaired) electrons. The molecule has 1 atom stereocenters. The molecule has 0 saturated heterocycles. The molecule has 1 amide bonds. The summed E-state index contributed by atoms with van der Waals surface area (Å²) in [5.41, 5.74) is 1.94. The largest absolute Gasteiger partial charge is 0.396 e. The highest BCUT2D eigenvalue weighted by Crippen LogP contribution is 2.23. The third-order valence-corrected chi connectivity index (χ3v) is 4.14. The number of hydrogen-bond acceptors (Lipinski definition) is 3. The number of carbonyl (C=O) groups excluding carboxylic acids is 1. The van der Waals surface area contributed by atoms with E-state index >= 15 is 0 Å². The van der Waals surface area contributed by atoms with Gasteiger partial charge in [-0.25, -0.2) is 4.39 Å². The second kappa shape index (κ2) is 8.23. The number of methoxy groups -OCH3 is 1. The Balaban J connectivity index is 2.22. The average molecular weight is 345 g/mol. The molecule has 2 aromatic rings. The van der Waals surface area contributed by atoms with Gasteiger partial charge in [0.2, 0.25) is 0 Å². The van der Waals surface area contributed by atoms with Crippen LogP contribution in [0.3, 0.4) is 0 Å². The molecule has 134 valence electrons. The number of hydrogen-bond donors (Lipinski definition) is 2. The highest BCUT2D eigenvalue weighted by Gasteiger charge is 2.27. The Morgan fingerprint density at radius 1 is 1.20 bits per heavy atom. The Kier molecular flexibility index (Phi) is 6.28. The molecule has 0 aliphatic carbocycles. The summed E-state index contributed by atoms with van der Waals surface area (Å²) in [5.74, 6) is -1.11. The summed E-state index contributed by atoms with van der Waals surface area (Å²) in [6.07, 6.45) is 0.315. The van der Waals surface area contributed by atoms with E-state index in [-0.39, 0.29) is 18.8 Å². The summed E-state index contributed by atoms with van der Waals surface area (Å²) in [7, 11) is 1.51. The zero-order valence-electron chi connectivity index (χ0n) is 14.8. The predicted octanol–water partition coefficient (Wildman–Crippen LogP) is 3.32. The summed E-state index contributed by atoms with van der Waals surface area (Å²) in [5, 5.41) is 11.9. The zero-order chi connectivity index (χ0) is 18.4. The van der Waals surface area contributed by atoms with Crippen LogP contribution in [0.2, 0.25) is 0 Å². The lowest BCUT2D eigenvalue weighted by Crippen LogP contribution is -2.50. The molecule has 0 aromatic heterocycles. The molecule has 5 heteroatoms. The zero-order valence-corrected chi connectivity index (χ0v) is 14.8. The quantitative estimate of drug-likeness (QED) is 0.809. The minimum atomic E-state index is -0.761. The number of nitrogens with one attached hydrogen (secondary N) is 1. The molecule has 0 aliphatic heterocycles. The molecule has 0 saturated carbocycles. The number of aryl methyl sites for hydroxylation is 1. The smallest absolute Gasteiger partial charge is 0.254 e. The first-order valence-corrected chi connectivity index (χ1v) is 8.17. The fraction of sp³-hybridized carbons (Fsp3) is 0.350. The summed E-state index contributed by atoms with van der Waals surface area (Å²) >= 11 is 0. The number of ether oxygens (including phenoxy) is 1. The molecular formula is C20H24FNO3. The summed E-state index contributed by atoms with van der Waals surface area (Å²) in [4.78, 5) is 12.4. The summed E-state index contributed by atoms with van der Waals surface area (Å²) < 4.78 is 19.6. The number of aliphatic hydroxyl groups excluding tert-OH is 1. The van der Waals surface area contributed by atoms with E-state index in [4.69, 9.17) is 9.84 Å². The van der Waals surface area contributed by atoms with Gasteiger partial charge in [0.15, 0.2) is 0 Å². The lowest BCUT2D eigenvalue weighted by molar-refractivity contribution is 0.0722. The van der Waals surface area contributed by atoms with E-state index in [1.807, 2.05) is 31.2 Å². The maximum Gasteiger partial charge on any atom is 0.254 e. The lowest BCUT2D eigenvalue weighted by atomic mass is 9.98. The summed E-state index contributed by atoms with van der Waals surface area (Å²) in [6, 6.07) is 12.3. The first kappa shape index (κ1) is 19.1. The van der Waals surface area contributed by atoms with E-state index in [0.717, 1.165) is 11.1 Å². The van der Waals surface area contributed by atoms with Gasteiger partial charge in [-0.05, 0) is 43.5 Å². The van der Waals surface area contributed by atoms with Crippen molar-refractivity contribution < 1.29 is 19.0 Å². The number of carbonyl (C=O) groups is 1. The molecule has 2 rings (SSSR count). The number of benzene rings is 2. The van der Waals surface area contributed by atoms with Crippen molar-refractivity contribution in [2.45, 2.75) is 25.8 Å².